The van der Waals surface area contributed by atoms with Gasteiger partial charge >= 0.3 is 5.97 Å². The second kappa shape index (κ2) is 11.5. The van der Waals surface area contributed by atoms with E-state index in [1.165, 1.54) is 39.2 Å². The molecule has 0 radical (unpaired) electrons. The Morgan fingerprint density at radius 3 is 2.33 bits per heavy atom. The molecule has 0 spiro atoms. The minimum absolute atomic E-state index is 0.160. The average Bonchev–Trinajstić information content (AvgIpc) is 2.59. The first-order valence-electron chi connectivity index (χ1n) is 9.83. The maximum atomic E-state index is 12.9. The normalized spacial score (nSPS) is 20.9. The minimum Gasteiger partial charge on any atom is -0.469 e. The molecule has 1 rings (SSSR count). The molecule has 0 aliphatic heterocycles. The number of carbonyl (C=O) groups is 2. The van der Waals surface area contributed by atoms with Gasteiger partial charge in [-0.1, -0.05) is 40.0 Å². The summed E-state index contributed by atoms with van der Waals surface area (Å²) in [5.74, 6) is 1.55. The predicted octanol–water partition coefficient (Wildman–Crippen LogP) is 4.42. The monoisotopic (exact) mass is 339 g/mol. The van der Waals surface area contributed by atoms with Crippen LogP contribution in [0.15, 0.2) is 0 Å². The number of hydrogen-bond donors (Lipinski definition) is 0. The molecular formula is C20H37NO3. The van der Waals surface area contributed by atoms with Crippen LogP contribution in [0.1, 0.15) is 78.6 Å². The summed E-state index contributed by atoms with van der Waals surface area (Å²) in [7, 11) is 1.40. The first kappa shape index (κ1) is 21.0. The van der Waals surface area contributed by atoms with Crippen LogP contribution in [0.3, 0.4) is 0 Å². The molecule has 0 bridgehead atoms. The van der Waals surface area contributed by atoms with E-state index in [1.54, 1.807) is 0 Å². The molecule has 0 N–H and O–H groups in total. The fourth-order valence-electron chi connectivity index (χ4n) is 3.52. The molecule has 0 aromatic heterocycles. The maximum Gasteiger partial charge on any atom is 0.307 e. The summed E-state index contributed by atoms with van der Waals surface area (Å²) in [5, 5.41) is 0. The van der Waals surface area contributed by atoms with Crippen molar-refractivity contribution in [2.24, 2.45) is 17.8 Å². The molecule has 140 valence electrons. The van der Waals surface area contributed by atoms with Gasteiger partial charge in [-0.25, -0.2) is 0 Å². The number of ether oxygens (including phenoxy) is 1. The number of methoxy groups -OCH3 is 1. The molecule has 0 aromatic rings. The Bertz CT molecular complexity index is 373. The van der Waals surface area contributed by atoms with E-state index in [-0.39, 0.29) is 17.8 Å². The summed E-state index contributed by atoms with van der Waals surface area (Å²) in [4.78, 5) is 26.3. The van der Waals surface area contributed by atoms with Crippen LogP contribution in [0.5, 0.6) is 0 Å². The van der Waals surface area contributed by atoms with Gasteiger partial charge in [0.25, 0.3) is 0 Å². The molecule has 0 unspecified atom stereocenters. The van der Waals surface area contributed by atoms with Crippen LogP contribution in [0.25, 0.3) is 0 Å². The van der Waals surface area contributed by atoms with Crippen molar-refractivity contribution < 1.29 is 14.3 Å². The second-order valence-electron chi connectivity index (χ2n) is 7.69. The zero-order chi connectivity index (χ0) is 17.9. The lowest BCUT2D eigenvalue weighted by Gasteiger charge is -2.32. The van der Waals surface area contributed by atoms with E-state index >= 15 is 0 Å². The Morgan fingerprint density at radius 1 is 1.12 bits per heavy atom. The van der Waals surface area contributed by atoms with Crippen molar-refractivity contribution >= 4 is 11.9 Å². The van der Waals surface area contributed by atoms with Crippen LogP contribution < -0.4 is 0 Å². The maximum absolute atomic E-state index is 12.9. The Balaban J connectivity index is 2.51. The van der Waals surface area contributed by atoms with Gasteiger partial charge in [-0.3, -0.25) is 9.59 Å². The van der Waals surface area contributed by atoms with E-state index in [0.717, 1.165) is 31.7 Å². The summed E-state index contributed by atoms with van der Waals surface area (Å²) in [6.07, 6.45) is 9.57. The minimum atomic E-state index is -0.236. The lowest BCUT2D eigenvalue weighted by Crippen LogP contribution is -2.40. The summed E-state index contributed by atoms with van der Waals surface area (Å²) in [6.45, 7) is 7.82. The first-order valence-corrected chi connectivity index (χ1v) is 9.83. The lowest BCUT2D eigenvalue weighted by atomic mass is 9.79. The largest absolute Gasteiger partial charge is 0.469 e. The smallest absolute Gasteiger partial charge is 0.307 e. The average molecular weight is 340 g/mol. The molecule has 4 nitrogen and oxygen atoms in total. The third-order valence-electron chi connectivity index (χ3n) is 5.26. The molecule has 0 atom stereocenters. The summed E-state index contributed by atoms with van der Waals surface area (Å²) >= 11 is 0. The van der Waals surface area contributed by atoms with Gasteiger partial charge < -0.3 is 9.64 Å². The SMILES string of the molecule is CCCCC1CCC(C(=O)N(CCC(=O)OC)CCC(C)C)CC1. The van der Waals surface area contributed by atoms with E-state index in [0.29, 0.717) is 18.9 Å². The zero-order valence-corrected chi connectivity index (χ0v) is 16.2. The van der Waals surface area contributed by atoms with Gasteiger partial charge in [0, 0.05) is 19.0 Å². The summed E-state index contributed by atoms with van der Waals surface area (Å²) in [6, 6.07) is 0. The predicted molar refractivity (Wildman–Crippen MR) is 97.6 cm³/mol. The number of amides is 1. The van der Waals surface area contributed by atoms with Crippen LogP contribution in [0.2, 0.25) is 0 Å². The molecule has 1 amide bonds. The molecule has 1 fully saturated rings. The van der Waals surface area contributed by atoms with Crippen molar-refractivity contribution in [3.05, 3.63) is 0 Å². The Morgan fingerprint density at radius 2 is 1.79 bits per heavy atom. The zero-order valence-electron chi connectivity index (χ0n) is 16.2. The molecule has 0 saturated heterocycles. The highest BCUT2D eigenvalue weighted by molar-refractivity contribution is 5.79. The third kappa shape index (κ3) is 7.67. The van der Waals surface area contributed by atoms with E-state index in [1.807, 2.05) is 4.90 Å². The number of rotatable bonds is 10. The molecule has 0 aromatic carbocycles. The first-order chi connectivity index (χ1) is 11.5. The van der Waals surface area contributed by atoms with Crippen molar-refractivity contribution in [3.8, 4) is 0 Å². The van der Waals surface area contributed by atoms with Crippen molar-refractivity contribution in [2.45, 2.75) is 78.6 Å². The topological polar surface area (TPSA) is 46.6 Å². The van der Waals surface area contributed by atoms with E-state index in [2.05, 4.69) is 20.8 Å². The van der Waals surface area contributed by atoms with Crippen molar-refractivity contribution in [1.29, 1.82) is 0 Å². The van der Waals surface area contributed by atoms with Crippen LogP contribution in [-0.2, 0) is 14.3 Å². The molecule has 1 aliphatic carbocycles. The van der Waals surface area contributed by atoms with Gasteiger partial charge in [0.2, 0.25) is 5.91 Å². The fraction of sp³-hybridized carbons (Fsp3) is 0.900. The summed E-state index contributed by atoms with van der Waals surface area (Å²) in [5.41, 5.74) is 0. The second-order valence-corrected chi connectivity index (χ2v) is 7.69. The van der Waals surface area contributed by atoms with Gasteiger partial charge in [0.1, 0.15) is 0 Å². The number of nitrogens with zero attached hydrogens (tertiary/aromatic N) is 1. The van der Waals surface area contributed by atoms with Crippen LogP contribution in [0.4, 0.5) is 0 Å². The van der Waals surface area contributed by atoms with Crippen LogP contribution in [0, 0.1) is 17.8 Å². The van der Waals surface area contributed by atoms with Gasteiger partial charge in [-0.2, -0.15) is 0 Å². The number of unbranched alkanes of at least 4 members (excludes halogenated alkanes) is 1. The fourth-order valence-corrected chi connectivity index (χ4v) is 3.52. The third-order valence-corrected chi connectivity index (χ3v) is 5.26. The van der Waals surface area contributed by atoms with Crippen molar-refractivity contribution in [1.82, 2.24) is 4.90 Å². The van der Waals surface area contributed by atoms with E-state index < -0.39 is 0 Å². The standard InChI is InChI=1S/C20H37NO3/c1-5-6-7-17-8-10-18(11-9-17)20(23)21(14-12-16(2)3)15-13-19(22)24-4/h16-18H,5-15H2,1-4H3. The van der Waals surface area contributed by atoms with Gasteiger partial charge in [0.05, 0.1) is 13.5 Å². The van der Waals surface area contributed by atoms with Gasteiger partial charge in [-0.05, 0) is 43.9 Å². The number of hydrogen-bond acceptors (Lipinski definition) is 3. The highest BCUT2D eigenvalue weighted by Gasteiger charge is 2.29. The Kier molecular flexibility index (Phi) is 10.0. The lowest BCUT2D eigenvalue weighted by molar-refractivity contribution is -0.142. The quantitative estimate of drug-likeness (QED) is 0.553. The molecule has 4 heteroatoms. The van der Waals surface area contributed by atoms with Crippen molar-refractivity contribution in [3.63, 3.8) is 0 Å². The number of carbonyl (C=O) groups excluding carboxylic acids is 2. The summed E-state index contributed by atoms with van der Waals surface area (Å²) < 4.78 is 4.73. The van der Waals surface area contributed by atoms with Crippen molar-refractivity contribution in [2.75, 3.05) is 20.2 Å². The van der Waals surface area contributed by atoms with E-state index in [9.17, 15) is 9.59 Å². The van der Waals surface area contributed by atoms with Crippen LogP contribution in [-0.4, -0.2) is 37.0 Å². The highest BCUT2D eigenvalue weighted by Crippen LogP contribution is 2.33. The molecular weight excluding hydrogens is 302 g/mol. The molecule has 1 saturated carbocycles. The molecule has 0 heterocycles. The van der Waals surface area contributed by atoms with Gasteiger partial charge in [-0.15, -0.1) is 0 Å². The van der Waals surface area contributed by atoms with Gasteiger partial charge in [0.15, 0.2) is 0 Å². The Labute approximate surface area is 148 Å². The number of esters is 1. The van der Waals surface area contributed by atoms with Crippen LogP contribution >= 0.6 is 0 Å². The molecule has 1 aliphatic rings. The highest BCUT2D eigenvalue weighted by atomic mass is 16.5. The Hall–Kier alpha value is -1.06. The molecule has 24 heavy (non-hydrogen) atoms. The van der Waals surface area contributed by atoms with E-state index in [4.69, 9.17) is 4.74 Å².